The lowest BCUT2D eigenvalue weighted by atomic mass is 10.0. The molecule has 2 aromatic rings. The second-order valence-corrected chi connectivity index (χ2v) is 5.60. The molecular formula is C14H11BrCl2O. The van der Waals surface area contributed by atoms with Crippen LogP contribution in [0, 0.1) is 0 Å². The van der Waals surface area contributed by atoms with E-state index in [2.05, 4.69) is 15.9 Å². The molecule has 2 aromatic carbocycles. The lowest BCUT2D eigenvalue weighted by molar-refractivity contribution is 0.414. The summed E-state index contributed by atoms with van der Waals surface area (Å²) in [4.78, 5) is 0. The Morgan fingerprint density at radius 2 is 1.61 bits per heavy atom. The molecule has 2 rings (SSSR count). The van der Waals surface area contributed by atoms with E-state index in [4.69, 9.17) is 27.9 Å². The number of halogens is 3. The van der Waals surface area contributed by atoms with Crippen molar-refractivity contribution < 1.29 is 4.74 Å². The fourth-order valence-electron chi connectivity index (χ4n) is 1.69. The zero-order chi connectivity index (χ0) is 13.1. The first-order valence-corrected chi connectivity index (χ1v) is 6.91. The minimum Gasteiger partial charge on any atom is -0.497 e. The first kappa shape index (κ1) is 13.7. The van der Waals surface area contributed by atoms with Gasteiger partial charge in [-0.2, -0.15) is 0 Å². The SMILES string of the molecule is COc1ccc(Cc2c(Cl)cc(Br)cc2Cl)cc1. The Morgan fingerprint density at radius 3 is 2.11 bits per heavy atom. The summed E-state index contributed by atoms with van der Waals surface area (Å²) in [6.07, 6.45) is 0.703. The monoisotopic (exact) mass is 344 g/mol. The molecule has 1 nitrogen and oxygen atoms in total. The predicted octanol–water partition coefficient (Wildman–Crippen LogP) is 5.36. The van der Waals surface area contributed by atoms with Crippen LogP contribution in [-0.4, -0.2) is 7.11 Å². The van der Waals surface area contributed by atoms with Gasteiger partial charge in [0.2, 0.25) is 0 Å². The van der Waals surface area contributed by atoms with Crippen molar-refractivity contribution in [1.82, 2.24) is 0 Å². The van der Waals surface area contributed by atoms with E-state index in [0.29, 0.717) is 16.5 Å². The van der Waals surface area contributed by atoms with Gasteiger partial charge in [-0.25, -0.2) is 0 Å². The molecular weight excluding hydrogens is 335 g/mol. The van der Waals surface area contributed by atoms with Gasteiger partial charge in [-0.05, 0) is 35.4 Å². The summed E-state index contributed by atoms with van der Waals surface area (Å²) in [6.45, 7) is 0. The van der Waals surface area contributed by atoms with Gasteiger partial charge in [0.15, 0.2) is 0 Å². The van der Waals surface area contributed by atoms with Crippen molar-refractivity contribution in [2.24, 2.45) is 0 Å². The van der Waals surface area contributed by atoms with E-state index in [1.807, 2.05) is 36.4 Å². The van der Waals surface area contributed by atoms with Crippen molar-refractivity contribution in [1.29, 1.82) is 0 Å². The first-order valence-electron chi connectivity index (χ1n) is 5.36. The van der Waals surface area contributed by atoms with E-state index in [1.165, 1.54) is 0 Å². The molecule has 0 fully saturated rings. The summed E-state index contributed by atoms with van der Waals surface area (Å²) in [7, 11) is 1.65. The normalized spacial score (nSPS) is 10.4. The van der Waals surface area contributed by atoms with E-state index in [9.17, 15) is 0 Å². The van der Waals surface area contributed by atoms with Gasteiger partial charge in [-0.15, -0.1) is 0 Å². The van der Waals surface area contributed by atoms with Gasteiger partial charge >= 0.3 is 0 Å². The quantitative estimate of drug-likeness (QED) is 0.728. The molecule has 0 aliphatic heterocycles. The van der Waals surface area contributed by atoms with Crippen LogP contribution >= 0.6 is 39.1 Å². The number of benzene rings is 2. The molecule has 0 N–H and O–H groups in total. The van der Waals surface area contributed by atoms with Crippen LogP contribution in [0.15, 0.2) is 40.9 Å². The topological polar surface area (TPSA) is 9.23 Å². The van der Waals surface area contributed by atoms with Crippen LogP contribution in [0.4, 0.5) is 0 Å². The van der Waals surface area contributed by atoms with Crippen LogP contribution in [0.3, 0.4) is 0 Å². The van der Waals surface area contributed by atoms with Crippen molar-refractivity contribution in [2.75, 3.05) is 7.11 Å². The third-order valence-corrected chi connectivity index (χ3v) is 3.78. The van der Waals surface area contributed by atoms with Crippen LogP contribution in [0.1, 0.15) is 11.1 Å². The lowest BCUT2D eigenvalue weighted by Crippen LogP contribution is -1.92. The first-order chi connectivity index (χ1) is 8.60. The third-order valence-electron chi connectivity index (χ3n) is 2.65. The molecule has 0 aromatic heterocycles. The zero-order valence-corrected chi connectivity index (χ0v) is 12.8. The maximum atomic E-state index is 6.20. The van der Waals surface area contributed by atoms with Crippen LogP contribution in [0.2, 0.25) is 10.0 Å². The fraction of sp³-hybridized carbons (Fsp3) is 0.143. The Hall–Kier alpha value is -0.700. The highest BCUT2D eigenvalue weighted by Crippen LogP contribution is 2.31. The van der Waals surface area contributed by atoms with E-state index >= 15 is 0 Å². The van der Waals surface area contributed by atoms with E-state index in [0.717, 1.165) is 21.3 Å². The van der Waals surface area contributed by atoms with E-state index in [1.54, 1.807) is 7.11 Å². The molecule has 0 heterocycles. The van der Waals surface area contributed by atoms with Gasteiger partial charge in [0, 0.05) is 20.9 Å². The summed E-state index contributed by atoms with van der Waals surface area (Å²) < 4.78 is 6.01. The Bertz CT molecular complexity index is 529. The smallest absolute Gasteiger partial charge is 0.118 e. The molecule has 0 spiro atoms. The van der Waals surface area contributed by atoms with Crippen molar-refractivity contribution in [3.8, 4) is 5.75 Å². The van der Waals surface area contributed by atoms with Crippen molar-refractivity contribution in [3.05, 3.63) is 62.0 Å². The average Bonchev–Trinajstić information content (AvgIpc) is 2.34. The number of methoxy groups -OCH3 is 1. The highest BCUT2D eigenvalue weighted by Gasteiger charge is 2.08. The number of rotatable bonds is 3. The summed E-state index contributed by atoms with van der Waals surface area (Å²) in [5, 5.41) is 1.34. The predicted molar refractivity (Wildman–Crippen MR) is 80.0 cm³/mol. The van der Waals surface area contributed by atoms with Crippen molar-refractivity contribution in [2.45, 2.75) is 6.42 Å². The van der Waals surface area contributed by atoms with Gasteiger partial charge < -0.3 is 4.74 Å². The fourth-order valence-corrected chi connectivity index (χ4v) is 3.03. The van der Waals surface area contributed by atoms with Gasteiger partial charge in [0.1, 0.15) is 5.75 Å². The Balaban J connectivity index is 2.28. The maximum Gasteiger partial charge on any atom is 0.118 e. The molecule has 0 bridgehead atoms. The molecule has 0 unspecified atom stereocenters. The van der Waals surface area contributed by atoms with Crippen LogP contribution in [0.5, 0.6) is 5.75 Å². The van der Waals surface area contributed by atoms with Crippen molar-refractivity contribution >= 4 is 39.1 Å². The lowest BCUT2D eigenvalue weighted by Gasteiger charge is -2.08. The maximum absolute atomic E-state index is 6.20. The average molecular weight is 346 g/mol. The second-order valence-electron chi connectivity index (χ2n) is 3.87. The van der Waals surface area contributed by atoms with Crippen molar-refractivity contribution in [3.63, 3.8) is 0 Å². The highest BCUT2D eigenvalue weighted by atomic mass is 79.9. The number of hydrogen-bond acceptors (Lipinski definition) is 1. The molecule has 0 atom stereocenters. The van der Waals surface area contributed by atoms with Gasteiger partial charge in [0.25, 0.3) is 0 Å². The number of ether oxygens (including phenoxy) is 1. The highest BCUT2D eigenvalue weighted by molar-refractivity contribution is 9.10. The molecule has 94 valence electrons. The molecule has 0 aliphatic rings. The van der Waals surface area contributed by atoms with E-state index < -0.39 is 0 Å². The minimum atomic E-state index is 0.671. The van der Waals surface area contributed by atoms with Crippen LogP contribution in [0.25, 0.3) is 0 Å². The van der Waals surface area contributed by atoms with Crippen LogP contribution < -0.4 is 4.74 Å². The van der Waals surface area contributed by atoms with Gasteiger partial charge in [0.05, 0.1) is 7.11 Å². The standard InChI is InChI=1S/C14H11BrCl2O/c1-18-11-4-2-9(3-5-11)6-12-13(16)7-10(15)8-14(12)17/h2-5,7-8H,6H2,1H3. The molecule has 4 heteroatoms. The Labute approximate surface area is 125 Å². The van der Waals surface area contributed by atoms with Gasteiger partial charge in [-0.1, -0.05) is 51.3 Å². The molecule has 0 saturated carbocycles. The molecule has 0 aliphatic carbocycles. The summed E-state index contributed by atoms with van der Waals surface area (Å²) in [6, 6.07) is 11.6. The third kappa shape index (κ3) is 3.19. The molecule has 18 heavy (non-hydrogen) atoms. The Morgan fingerprint density at radius 1 is 1.06 bits per heavy atom. The molecule has 0 radical (unpaired) electrons. The Kier molecular flexibility index (Phi) is 4.55. The largest absolute Gasteiger partial charge is 0.497 e. The number of hydrogen-bond donors (Lipinski definition) is 0. The van der Waals surface area contributed by atoms with Gasteiger partial charge in [-0.3, -0.25) is 0 Å². The van der Waals surface area contributed by atoms with E-state index in [-0.39, 0.29) is 0 Å². The minimum absolute atomic E-state index is 0.671. The molecule has 0 amide bonds. The van der Waals surface area contributed by atoms with Crippen LogP contribution in [-0.2, 0) is 6.42 Å². The zero-order valence-electron chi connectivity index (χ0n) is 9.71. The summed E-state index contributed by atoms with van der Waals surface area (Å²) >= 11 is 15.8. The second kappa shape index (κ2) is 5.96. The molecule has 0 saturated heterocycles. The summed E-state index contributed by atoms with van der Waals surface area (Å²) in [5.41, 5.74) is 2.08. The summed E-state index contributed by atoms with van der Waals surface area (Å²) in [5.74, 6) is 0.840.